The zero-order valence-electron chi connectivity index (χ0n) is 18.5. The van der Waals surface area contributed by atoms with Gasteiger partial charge in [0, 0.05) is 11.1 Å². The number of benzene rings is 2. The molecule has 8 nitrogen and oxygen atoms in total. The highest BCUT2D eigenvalue weighted by Crippen LogP contribution is 2.46. The Morgan fingerprint density at radius 2 is 1.94 bits per heavy atom. The Bertz CT molecular complexity index is 1330. The Hall–Kier alpha value is -4.20. The molecule has 0 spiro atoms. The summed E-state index contributed by atoms with van der Waals surface area (Å²) in [6.45, 7) is 2.21. The second kappa shape index (κ2) is 8.05. The minimum atomic E-state index is -0.480. The predicted molar refractivity (Wildman–Crippen MR) is 120 cm³/mol. The van der Waals surface area contributed by atoms with Crippen LogP contribution in [0.2, 0.25) is 0 Å². The van der Waals surface area contributed by atoms with E-state index in [4.69, 9.17) is 13.9 Å². The number of aromatic nitrogens is 2. The molecule has 0 unspecified atom stereocenters. The number of H-pyrrole nitrogens is 1. The summed E-state index contributed by atoms with van der Waals surface area (Å²) in [5.74, 6) is 1.70. The Morgan fingerprint density at radius 3 is 2.67 bits per heavy atom. The number of aromatic hydroxyl groups is 1. The molecule has 0 aliphatic carbocycles. The molecule has 0 saturated heterocycles. The Balaban J connectivity index is 1.70. The number of methoxy groups -OCH3 is 2. The van der Waals surface area contributed by atoms with Gasteiger partial charge >= 0.3 is 0 Å². The zero-order chi connectivity index (χ0) is 23.1. The average molecular weight is 445 g/mol. The van der Waals surface area contributed by atoms with E-state index in [0.717, 1.165) is 11.1 Å². The quantitative estimate of drug-likeness (QED) is 0.455. The van der Waals surface area contributed by atoms with Crippen LogP contribution < -0.4 is 9.47 Å². The fraction of sp³-hybridized carbons (Fsp3) is 0.200. The molecule has 4 aromatic rings. The molecule has 1 atom stereocenters. The van der Waals surface area contributed by atoms with Gasteiger partial charge in [-0.05, 0) is 48.9 Å². The number of phenolic OH excluding ortho intramolecular Hbond substituents is 1. The molecule has 0 fully saturated rings. The van der Waals surface area contributed by atoms with Crippen molar-refractivity contribution < 1.29 is 23.8 Å². The first-order valence-corrected chi connectivity index (χ1v) is 10.4. The number of furan rings is 1. The van der Waals surface area contributed by atoms with Gasteiger partial charge in [0.1, 0.15) is 22.9 Å². The number of ether oxygens (including phenoxy) is 2. The lowest BCUT2D eigenvalue weighted by Gasteiger charge is -2.26. The van der Waals surface area contributed by atoms with Crippen LogP contribution in [-0.4, -0.2) is 40.3 Å². The molecule has 33 heavy (non-hydrogen) atoms. The molecule has 168 valence electrons. The van der Waals surface area contributed by atoms with Crippen molar-refractivity contribution >= 4 is 5.91 Å². The monoisotopic (exact) mass is 445 g/mol. The Morgan fingerprint density at radius 1 is 1.12 bits per heavy atom. The van der Waals surface area contributed by atoms with Crippen LogP contribution in [0, 0.1) is 6.92 Å². The summed E-state index contributed by atoms with van der Waals surface area (Å²) in [7, 11) is 3.15. The van der Waals surface area contributed by atoms with Crippen LogP contribution in [-0.2, 0) is 6.54 Å². The number of hydrogen-bond acceptors (Lipinski definition) is 6. The van der Waals surface area contributed by atoms with Crippen LogP contribution >= 0.6 is 0 Å². The molecule has 0 radical (unpaired) electrons. The molecular formula is C25H23N3O5. The number of carbonyl (C=O) groups is 1. The van der Waals surface area contributed by atoms with Crippen molar-refractivity contribution in [2.24, 2.45) is 0 Å². The lowest BCUT2D eigenvalue weighted by atomic mass is 9.94. The van der Waals surface area contributed by atoms with E-state index >= 15 is 0 Å². The van der Waals surface area contributed by atoms with Gasteiger partial charge in [-0.25, -0.2) is 0 Å². The molecule has 1 aliphatic heterocycles. The van der Waals surface area contributed by atoms with Gasteiger partial charge in [-0.1, -0.05) is 17.7 Å². The van der Waals surface area contributed by atoms with Gasteiger partial charge in [0.05, 0.1) is 33.1 Å². The lowest BCUT2D eigenvalue weighted by Crippen LogP contribution is -2.29. The van der Waals surface area contributed by atoms with Crippen molar-refractivity contribution in [1.82, 2.24) is 15.1 Å². The van der Waals surface area contributed by atoms with Crippen LogP contribution in [0.15, 0.2) is 59.2 Å². The summed E-state index contributed by atoms with van der Waals surface area (Å²) in [5, 5.41) is 17.9. The molecule has 2 N–H and O–H groups in total. The topological polar surface area (TPSA) is 101 Å². The van der Waals surface area contributed by atoms with E-state index in [-0.39, 0.29) is 18.2 Å². The van der Waals surface area contributed by atoms with Crippen LogP contribution in [0.1, 0.15) is 39.0 Å². The highest BCUT2D eigenvalue weighted by atomic mass is 16.5. The number of nitrogens with one attached hydrogen (secondary N) is 1. The van der Waals surface area contributed by atoms with Crippen LogP contribution in [0.5, 0.6) is 17.2 Å². The minimum Gasteiger partial charge on any atom is -0.507 e. The SMILES string of the molecule is COc1ccc([C@H]2c3c(-c4cc(C)ccc4O)n[nH]c3C(=O)N2Cc2ccco2)cc1OC. The van der Waals surface area contributed by atoms with Crippen LogP contribution in [0.3, 0.4) is 0 Å². The number of amides is 1. The molecule has 1 aliphatic rings. The lowest BCUT2D eigenvalue weighted by molar-refractivity contribution is 0.0717. The third kappa shape index (κ3) is 3.40. The Kier molecular flexibility index (Phi) is 5.05. The van der Waals surface area contributed by atoms with E-state index in [2.05, 4.69) is 10.2 Å². The number of carbonyl (C=O) groups excluding carboxylic acids is 1. The van der Waals surface area contributed by atoms with E-state index in [0.29, 0.717) is 39.8 Å². The number of aryl methyl sites for hydroxylation is 1. The highest BCUT2D eigenvalue weighted by Gasteiger charge is 2.43. The standard InChI is InChI=1S/C25H23N3O5/c1-14-6-8-18(29)17(11-14)22-21-23(27-26-22)25(30)28(13-16-5-4-10-33-16)24(21)15-7-9-19(31-2)20(12-15)32-3/h4-12,24,29H,13H2,1-3H3,(H,26,27)/t24-/m0/s1. The molecule has 0 bridgehead atoms. The Labute approximate surface area is 190 Å². The van der Waals surface area contributed by atoms with Gasteiger partial charge in [0.25, 0.3) is 5.91 Å². The number of phenols is 1. The molecular weight excluding hydrogens is 422 g/mol. The van der Waals surface area contributed by atoms with E-state index in [1.165, 1.54) is 0 Å². The maximum absolute atomic E-state index is 13.5. The first-order chi connectivity index (χ1) is 16.0. The normalized spacial score (nSPS) is 15.1. The average Bonchev–Trinajstić information content (AvgIpc) is 3.55. The van der Waals surface area contributed by atoms with Crippen molar-refractivity contribution in [2.45, 2.75) is 19.5 Å². The van der Waals surface area contributed by atoms with Crippen molar-refractivity contribution in [3.05, 3.63) is 82.9 Å². The summed E-state index contributed by atoms with van der Waals surface area (Å²) in [5.41, 5.74) is 3.96. The first-order valence-electron chi connectivity index (χ1n) is 10.4. The highest BCUT2D eigenvalue weighted by molar-refractivity contribution is 6.00. The smallest absolute Gasteiger partial charge is 0.273 e. The summed E-state index contributed by atoms with van der Waals surface area (Å²) in [4.78, 5) is 15.2. The molecule has 8 heteroatoms. The van der Waals surface area contributed by atoms with Crippen molar-refractivity contribution in [2.75, 3.05) is 14.2 Å². The van der Waals surface area contributed by atoms with Crippen molar-refractivity contribution in [3.63, 3.8) is 0 Å². The minimum absolute atomic E-state index is 0.0953. The summed E-state index contributed by atoms with van der Waals surface area (Å²) in [6, 6.07) is 14.0. The summed E-state index contributed by atoms with van der Waals surface area (Å²) < 4.78 is 16.4. The summed E-state index contributed by atoms with van der Waals surface area (Å²) in [6.07, 6.45) is 1.58. The summed E-state index contributed by atoms with van der Waals surface area (Å²) >= 11 is 0. The van der Waals surface area contributed by atoms with Gasteiger partial charge in [0.15, 0.2) is 11.5 Å². The molecule has 0 saturated carbocycles. The van der Waals surface area contributed by atoms with Gasteiger partial charge in [-0.3, -0.25) is 9.89 Å². The molecule has 3 heterocycles. The third-order valence-corrected chi connectivity index (χ3v) is 5.90. The molecule has 5 rings (SSSR count). The van der Waals surface area contributed by atoms with Gasteiger partial charge in [-0.2, -0.15) is 5.10 Å². The fourth-order valence-electron chi connectivity index (χ4n) is 4.34. The van der Waals surface area contributed by atoms with Gasteiger partial charge < -0.3 is 23.9 Å². The number of rotatable bonds is 6. The molecule has 2 aromatic heterocycles. The molecule has 2 aromatic carbocycles. The van der Waals surface area contributed by atoms with E-state index in [1.54, 1.807) is 37.5 Å². The predicted octanol–water partition coefficient (Wildman–Crippen LogP) is 4.45. The zero-order valence-corrected chi connectivity index (χ0v) is 18.5. The largest absolute Gasteiger partial charge is 0.507 e. The maximum atomic E-state index is 13.5. The number of aromatic amines is 1. The van der Waals surface area contributed by atoms with Crippen molar-refractivity contribution in [1.29, 1.82) is 0 Å². The third-order valence-electron chi connectivity index (χ3n) is 5.90. The van der Waals surface area contributed by atoms with Gasteiger partial charge in [-0.15, -0.1) is 0 Å². The van der Waals surface area contributed by atoms with Crippen LogP contribution in [0.4, 0.5) is 0 Å². The van der Waals surface area contributed by atoms with Crippen LogP contribution in [0.25, 0.3) is 11.3 Å². The molecule has 1 amide bonds. The maximum Gasteiger partial charge on any atom is 0.273 e. The second-order valence-electron chi connectivity index (χ2n) is 7.91. The number of nitrogens with zero attached hydrogens (tertiary/aromatic N) is 2. The van der Waals surface area contributed by atoms with Gasteiger partial charge in [0.2, 0.25) is 0 Å². The number of hydrogen-bond donors (Lipinski definition) is 2. The van der Waals surface area contributed by atoms with Crippen molar-refractivity contribution in [3.8, 4) is 28.5 Å². The fourth-order valence-corrected chi connectivity index (χ4v) is 4.34. The van der Waals surface area contributed by atoms with E-state index < -0.39 is 6.04 Å². The number of fused-ring (bicyclic) bond motifs is 1. The van der Waals surface area contributed by atoms with E-state index in [1.807, 2.05) is 43.3 Å². The first kappa shape index (κ1) is 20.7. The van der Waals surface area contributed by atoms with E-state index in [9.17, 15) is 9.90 Å². The second-order valence-corrected chi connectivity index (χ2v) is 7.91.